The van der Waals surface area contributed by atoms with Crippen molar-refractivity contribution >= 4 is 40.8 Å². The van der Waals surface area contributed by atoms with Gasteiger partial charge in [-0.25, -0.2) is 14.6 Å². The lowest BCUT2D eigenvalue weighted by Crippen LogP contribution is -2.08. The Hall–Kier alpha value is -1.97. The summed E-state index contributed by atoms with van der Waals surface area (Å²) in [6, 6.07) is 1.57. The molecule has 0 atom stereocenters. The highest BCUT2D eigenvalue weighted by atomic mass is 35.5. The first kappa shape index (κ1) is 18.8. The zero-order valence-corrected chi connectivity index (χ0v) is 15.4. The molecule has 11 heteroatoms. The third-order valence-corrected chi connectivity index (χ3v) is 4.74. The third kappa shape index (κ3) is 3.34. The van der Waals surface area contributed by atoms with Crippen molar-refractivity contribution in [1.82, 2.24) is 19.7 Å². The molecule has 0 fully saturated rings. The summed E-state index contributed by atoms with van der Waals surface area (Å²) in [5.41, 5.74) is 6.47. The van der Waals surface area contributed by atoms with Crippen LogP contribution in [0.25, 0.3) is 16.8 Å². The number of benzene rings is 1. The van der Waals surface area contributed by atoms with Crippen LogP contribution in [-0.4, -0.2) is 26.0 Å². The number of hydrogen-bond donors (Lipinski definition) is 1. The number of alkyl halides is 3. The summed E-state index contributed by atoms with van der Waals surface area (Å²) >= 11 is 13.4. The molecular formula is C15H10Cl2F3N5S. The zero-order chi connectivity index (χ0) is 19.1. The molecule has 0 bridgehead atoms. The lowest BCUT2D eigenvalue weighted by Gasteiger charge is -2.13. The Morgan fingerprint density at radius 1 is 1.12 bits per heavy atom. The molecule has 2 N–H and O–H groups in total. The van der Waals surface area contributed by atoms with E-state index in [1.54, 1.807) is 18.6 Å². The van der Waals surface area contributed by atoms with Crippen LogP contribution in [0.3, 0.4) is 0 Å². The van der Waals surface area contributed by atoms with Crippen LogP contribution in [-0.2, 0) is 6.18 Å². The Morgan fingerprint density at radius 3 is 2.19 bits per heavy atom. The van der Waals surface area contributed by atoms with Gasteiger partial charge in [-0.2, -0.15) is 18.3 Å². The molecule has 0 unspecified atom stereocenters. The molecule has 0 spiro atoms. The number of rotatable bonds is 3. The number of halogens is 5. The van der Waals surface area contributed by atoms with Gasteiger partial charge in [-0.3, -0.25) is 0 Å². The number of aromatic nitrogens is 4. The van der Waals surface area contributed by atoms with Gasteiger partial charge in [0.15, 0.2) is 0 Å². The normalized spacial score (nSPS) is 11.8. The van der Waals surface area contributed by atoms with Gasteiger partial charge in [-0.05, 0) is 18.4 Å². The molecule has 0 radical (unpaired) electrons. The van der Waals surface area contributed by atoms with Crippen molar-refractivity contribution in [3.63, 3.8) is 0 Å². The van der Waals surface area contributed by atoms with Crippen LogP contribution in [0.2, 0.25) is 10.0 Å². The average Bonchev–Trinajstić information content (AvgIpc) is 2.91. The molecular weight excluding hydrogens is 410 g/mol. The van der Waals surface area contributed by atoms with Crippen LogP contribution in [0.5, 0.6) is 0 Å². The van der Waals surface area contributed by atoms with Crippen molar-refractivity contribution in [2.75, 3.05) is 12.0 Å². The first-order valence-electron chi connectivity index (χ1n) is 6.98. The summed E-state index contributed by atoms with van der Waals surface area (Å²) in [5.74, 6) is 0.160. The standard InChI is InChI=1S/C15H10Cl2F3N5S/c1-26-14-11(7-4-22-6-23-5-7)13(21)25(24-14)12-9(16)2-8(3-10(12)17)15(18,19)20/h2-6H,21H2,1H3. The highest BCUT2D eigenvalue weighted by molar-refractivity contribution is 7.98. The Balaban J connectivity index is 2.22. The molecule has 3 rings (SSSR count). The van der Waals surface area contributed by atoms with Crippen LogP contribution in [0.15, 0.2) is 35.9 Å². The summed E-state index contributed by atoms with van der Waals surface area (Å²) in [5, 5.41) is 4.43. The molecule has 1 aromatic carbocycles. The van der Waals surface area contributed by atoms with E-state index >= 15 is 0 Å². The van der Waals surface area contributed by atoms with Gasteiger partial charge >= 0.3 is 6.18 Å². The van der Waals surface area contributed by atoms with Crippen LogP contribution in [0.1, 0.15) is 5.56 Å². The van der Waals surface area contributed by atoms with E-state index in [9.17, 15) is 13.2 Å². The molecule has 0 aliphatic heterocycles. The number of nitrogen functional groups attached to an aromatic ring is 1. The quantitative estimate of drug-likeness (QED) is 0.607. The van der Waals surface area contributed by atoms with Gasteiger partial charge < -0.3 is 5.73 Å². The topological polar surface area (TPSA) is 69.6 Å². The maximum Gasteiger partial charge on any atom is 0.416 e. The molecule has 0 aliphatic rings. The largest absolute Gasteiger partial charge is 0.416 e. The highest BCUT2D eigenvalue weighted by Gasteiger charge is 2.33. The molecule has 136 valence electrons. The maximum absolute atomic E-state index is 12.9. The van der Waals surface area contributed by atoms with Gasteiger partial charge in [0.2, 0.25) is 0 Å². The molecule has 26 heavy (non-hydrogen) atoms. The fourth-order valence-corrected chi connectivity index (χ4v) is 3.59. The van der Waals surface area contributed by atoms with E-state index in [0.29, 0.717) is 16.2 Å². The minimum Gasteiger partial charge on any atom is -0.383 e. The smallest absolute Gasteiger partial charge is 0.383 e. The molecule has 0 saturated carbocycles. The fourth-order valence-electron chi connectivity index (χ4n) is 2.35. The Labute approximate surface area is 160 Å². The van der Waals surface area contributed by atoms with Crippen molar-refractivity contribution in [3.05, 3.63) is 46.5 Å². The summed E-state index contributed by atoms with van der Waals surface area (Å²) in [4.78, 5) is 7.89. The van der Waals surface area contributed by atoms with E-state index in [4.69, 9.17) is 28.9 Å². The first-order valence-corrected chi connectivity index (χ1v) is 8.96. The van der Waals surface area contributed by atoms with E-state index in [1.165, 1.54) is 22.8 Å². The van der Waals surface area contributed by atoms with Crippen molar-refractivity contribution in [2.24, 2.45) is 0 Å². The number of anilines is 1. The number of nitrogens with zero attached hydrogens (tertiary/aromatic N) is 4. The van der Waals surface area contributed by atoms with E-state index in [1.807, 2.05) is 0 Å². The predicted octanol–water partition coefficient (Wildman–Crippen LogP) is 4.96. The SMILES string of the molecule is CSc1nn(-c2c(Cl)cc(C(F)(F)F)cc2Cl)c(N)c1-c1cncnc1. The molecule has 2 aromatic heterocycles. The predicted molar refractivity (Wildman–Crippen MR) is 95.8 cm³/mol. The molecule has 0 aliphatic carbocycles. The summed E-state index contributed by atoms with van der Waals surface area (Å²) < 4.78 is 40.0. The fraction of sp³-hybridized carbons (Fsp3) is 0.133. The number of thioether (sulfide) groups is 1. The first-order chi connectivity index (χ1) is 12.2. The van der Waals surface area contributed by atoms with E-state index in [-0.39, 0.29) is 21.6 Å². The minimum absolute atomic E-state index is 0.0669. The van der Waals surface area contributed by atoms with Gasteiger partial charge in [0.1, 0.15) is 22.9 Å². The van der Waals surface area contributed by atoms with E-state index in [2.05, 4.69) is 15.1 Å². The molecule has 5 nitrogen and oxygen atoms in total. The van der Waals surface area contributed by atoms with Gasteiger partial charge in [-0.1, -0.05) is 23.2 Å². The number of hydrogen-bond acceptors (Lipinski definition) is 5. The third-order valence-electron chi connectivity index (χ3n) is 3.49. The molecule has 0 saturated heterocycles. The van der Waals surface area contributed by atoms with Crippen LogP contribution in [0.4, 0.5) is 19.0 Å². The lowest BCUT2D eigenvalue weighted by atomic mass is 10.1. The number of nitrogens with two attached hydrogens (primary N) is 1. The summed E-state index contributed by atoms with van der Waals surface area (Å²) in [6.07, 6.45) is 1.70. The monoisotopic (exact) mass is 419 g/mol. The van der Waals surface area contributed by atoms with Crippen molar-refractivity contribution in [1.29, 1.82) is 0 Å². The van der Waals surface area contributed by atoms with Gasteiger partial charge in [0.25, 0.3) is 0 Å². The van der Waals surface area contributed by atoms with Crippen LogP contribution < -0.4 is 5.73 Å². The minimum atomic E-state index is -4.57. The highest BCUT2D eigenvalue weighted by Crippen LogP contribution is 2.41. The van der Waals surface area contributed by atoms with Crippen LogP contribution >= 0.6 is 35.0 Å². The van der Waals surface area contributed by atoms with Gasteiger partial charge in [0.05, 0.1) is 21.2 Å². The molecule has 3 aromatic rings. The second-order valence-corrected chi connectivity index (χ2v) is 6.70. The maximum atomic E-state index is 12.9. The lowest BCUT2D eigenvalue weighted by molar-refractivity contribution is -0.137. The van der Waals surface area contributed by atoms with Crippen molar-refractivity contribution in [3.8, 4) is 16.8 Å². The van der Waals surface area contributed by atoms with Gasteiger partial charge in [0, 0.05) is 18.0 Å². The van der Waals surface area contributed by atoms with E-state index in [0.717, 1.165) is 12.1 Å². The zero-order valence-electron chi connectivity index (χ0n) is 13.1. The second kappa shape index (κ2) is 6.98. The summed E-state index contributed by atoms with van der Waals surface area (Å²) in [7, 11) is 0. The van der Waals surface area contributed by atoms with E-state index < -0.39 is 11.7 Å². The average molecular weight is 420 g/mol. The van der Waals surface area contributed by atoms with Crippen LogP contribution in [0, 0.1) is 0 Å². The molecule has 0 amide bonds. The Morgan fingerprint density at radius 2 is 1.69 bits per heavy atom. The Bertz CT molecular complexity index is 937. The van der Waals surface area contributed by atoms with Crippen molar-refractivity contribution in [2.45, 2.75) is 11.2 Å². The second-order valence-electron chi connectivity index (χ2n) is 5.09. The van der Waals surface area contributed by atoms with Crippen molar-refractivity contribution < 1.29 is 13.2 Å². The molecule has 2 heterocycles. The Kier molecular flexibility index (Phi) is 5.05. The van der Waals surface area contributed by atoms with Gasteiger partial charge in [-0.15, -0.1) is 11.8 Å². The summed E-state index contributed by atoms with van der Waals surface area (Å²) in [6.45, 7) is 0.